The number of benzene rings is 2. The van der Waals surface area contributed by atoms with Gasteiger partial charge in [-0.2, -0.15) is 0 Å². The van der Waals surface area contributed by atoms with Crippen LogP contribution in [0.2, 0.25) is 0 Å². The van der Waals surface area contributed by atoms with Crippen molar-refractivity contribution in [2.45, 2.75) is 89.7 Å². The third-order valence-corrected chi connectivity index (χ3v) is 7.47. The van der Waals surface area contributed by atoms with Crippen molar-refractivity contribution >= 4 is 28.6 Å². The molecule has 0 radical (unpaired) electrons. The van der Waals surface area contributed by atoms with E-state index in [1.807, 2.05) is 38.1 Å². The first-order valence-corrected chi connectivity index (χ1v) is 14.9. The molecule has 3 rings (SSSR count). The van der Waals surface area contributed by atoms with Gasteiger partial charge in [0.1, 0.15) is 30.5 Å². The Kier molecular flexibility index (Phi) is 13.0. The fourth-order valence-corrected chi connectivity index (χ4v) is 5.16. The molecule has 1 heterocycles. The molecule has 1 aliphatic heterocycles. The number of hydrogen-bond acceptors (Lipinski definition) is 8. The van der Waals surface area contributed by atoms with Gasteiger partial charge in [-0.3, -0.25) is 14.9 Å². The topological polar surface area (TPSA) is 160 Å². The summed E-state index contributed by atoms with van der Waals surface area (Å²) in [6.45, 7) is 8.00. The van der Waals surface area contributed by atoms with Crippen LogP contribution in [-0.2, 0) is 20.9 Å². The molecule has 1 aliphatic rings. The number of carboxylic acid groups (broad SMARTS) is 2. The maximum atomic E-state index is 12.8. The van der Waals surface area contributed by atoms with Crippen LogP contribution in [0.5, 0.6) is 5.75 Å². The van der Waals surface area contributed by atoms with E-state index in [0.717, 1.165) is 28.5 Å². The second-order valence-electron chi connectivity index (χ2n) is 11.3. The number of rotatable bonds is 18. The van der Waals surface area contributed by atoms with E-state index in [4.69, 9.17) is 4.74 Å². The van der Waals surface area contributed by atoms with Crippen molar-refractivity contribution < 1.29 is 34.4 Å². The van der Waals surface area contributed by atoms with E-state index in [1.54, 1.807) is 6.92 Å². The molecular formula is C31H46N4O7. The fraction of sp³-hybridized carbons (Fsp3) is 0.581. The lowest BCUT2D eigenvalue weighted by Gasteiger charge is -2.27. The maximum Gasteiger partial charge on any atom is 0.326 e. The van der Waals surface area contributed by atoms with Crippen molar-refractivity contribution in [3.8, 4) is 5.75 Å². The van der Waals surface area contributed by atoms with Crippen molar-refractivity contribution in [3.63, 3.8) is 0 Å². The lowest BCUT2D eigenvalue weighted by atomic mass is 10.1. The Morgan fingerprint density at radius 2 is 1.88 bits per heavy atom. The van der Waals surface area contributed by atoms with E-state index >= 15 is 0 Å². The van der Waals surface area contributed by atoms with Gasteiger partial charge in [-0.1, -0.05) is 44.5 Å². The number of aliphatic hydroxyl groups is 1. The minimum absolute atomic E-state index is 0.196. The van der Waals surface area contributed by atoms with E-state index in [2.05, 4.69) is 28.1 Å². The highest BCUT2D eigenvalue weighted by atomic mass is 16.5. The van der Waals surface area contributed by atoms with Gasteiger partial charge < -0.3 is 35.6 Å². The van der Waals surface area contributed by atoms with Crippen LogP contribution in [0, 0.1) is 0 Å². The largest absolute Gasteiger partial charge is 0.490 e. The first-order chi connectivity index (χ1) is 20.1. The summed E-state index contributed by atoms with van der Waals surface area (Å²) in [4.78, 5) is 37.3. The van der Waals surface area contributed by atoms with Gasteiger partial charge in [-0.15, -0.1) is 0 Å². The normalized spacial score (nSPS) is 17.4. The SMILES string of the molecule is CC(C)NC[C@H](O)COc1cccc2ccc(CNCCCC[C@H](N[C@H](C)C(=O)N3CCC[C@H]3C(=O)O)C(=O)O)cc12. The van der Waals surface area contributed by atoms with Gasteiger partial charge in [0.05, 0.1) is 6.04 Å². The average molecular weight is 587 g/mol. The van der Waals surface area contributed by atoms with Crippen LogP contribution < -0.4 is 20.7 Å². The van der Waals surface area contributed by atoms with Crippen LogP contribution in [-0.4, -0.2) is 94.6 Å². The molecule has 0 saturated carbocycles. The molecule has 4 atom stereocenters. The highest BCUT2D eigenvalue weighted by molar-refractivity contribution is 5.89. The van der Waals surface area contributed by atoms with Crippen LogP contribution in [0.3, 0.4) is 0 Å². The summed E-state index contributed by atoms with van der Waals surface area (Å²) in [5.74, 6) is -1.72. The zero-order valence-electron chi connectivity index (χ0n) is 24.8. The second-order valence-corrected chi connectivity index (χ2v) is 11.3. The smallest absolute Gasteiger partial charge is 0.326 e. The maximum absolute atomic E-state index is 12.8. The molecule has 2 aromatic rings. The number of hydrogen-bond donors (Lipinski definition) is 6. The van der Waals surface area contributed by atoms with Gasteiger partial charge in [0.15, 0.2) is 0 Å². The molecule has 2 aromatic carbocycles. The fourth-order valence-electron chi connectivity index (χ4n) is 5.16. The summed E-state index contributed by atoms with van der Waals surface area (Å²) >= 11 is 0. The number of carboxylic acids is 2. The van der Waals surface area contributed by atoms with Gasteiger partial charge in [-0.05, 0) is 62.2 Å². The van der Waals surface area contributed by atoms with Crippen LogP contribution in [0.4, 0.5) is 0 Å². The molecule has 11 heteroatoms. The van der Waals surface area contributed by atoms with Gasteiger partial charge in [0.25, 0.3) is 0 Å². The Morgan fingerprint density at radius 3 is 2.60 bits per heavy atom. The number of aliphatic hydroxyl groups excluding tert-OH is 1. The van der Waals surface area contributed by atoms with E-state index < -0.39 is 36.2 Å². The zero-order valence-corrected chi connectivity index (χ0v) is 24.8. The van der Waals surface area contributed by atoms with Crippen molar-refractivity contribution in [2.24, 2.45) is 0 Å². The third-order valence-electron chi connectivity index (χ3n) is 7.47. The van der Waals surface area contributed by atoms with Crippen molar-refractivity contribution in [1.82, 2.24) is 20.9 Å². The molecule has 1 fully saturated rings. The highest BCUT2D eigenvalue weighted by Crippen LogP contribution is 2.27. The summed E-state index contributed by atoms with van der Waals surface area (Å²) in [7, 11) is 0. The average Bonchev–Trinajstić information content (AvgIpc) is 3.46. The van der Waals surface area contributed by atoms with E-state index in [1.165, 1.54) is 4.90 Å². The lowest BCUT2D eigenvalue weighted by molar-refractivity contribution is -0.149. The number of aliphatic carboxylic acids is 2. The molecule has 0 spiro atoms. The number of amides is 1. The molecule has 0 bridgehead atoms. The molecule has 0 unspecified atom stereocenters. The van der Waals surface area contributed by atoms with E-state index in [-0.39, 0.29) is 18.6 Å². The van der Waals surface area contributed by atoms with E-state index in [9.17, 15) is 29.7 Å². The van der Waals surface area contributed by atoms with Crippen LogP contribution in [0.1, 0.15) is 58.4 Å². The van der Waals surface area contributed by atoms with E-state index in [0.29, 0.717) is 51.9 Å². The predicted molar refractivity (Wildman–Crippen MR) is 161 cm³/mol. The molecule has 1 saturated heterocycles. The number of ether oxygens (including phenoxy) is 1. The number of carbonyl (C=O) groups is 3. The standard InChI is InChI=1S/C31H46N4O7/c1-20(2)33-18-24(36)19-42-28-11-6-8-23-13-12-22(16-25(23)28)17-32-14-5-4-9-26(30(38)39)34-21(3)29(37)35-15-7-10-27(35)31(40)41/h6,8,11-13,16,20-21,24,26-27,32-34,36H,4-5,7,9-10,14-15,17-19H2,1-3H3,(H,38,39)(H,40,41)/t21-,24+,26+,27+/m1/s1. The summed E-state index contributed by atoms with van der Waals surface area (Å²) in [5, 5.41) is 40.7. The Hall–Kier alpha value is -3.25. The third kappa shape index (κ3) is 9.94. The van der Waals surface area contributed by atoms with Gasteiger partial charge in [0, 0.05) is 31.1 Å². The first kappa shape index (κ1) is 33.3. The summed E-state index contributed by atoms with van der Waals surface area (Å²) in [5.41, 5.74) is 1.08. The molecule has 1 amide bonds. The summed E-state index contributed by atoms with van der Waals surface area (Å²) < 4.78 is 5.94. The number of fused-ring (bicyclic) bond motifs is 1. The van der Waals surface area contributed by atoms with Gasteiger partial charge >= 0.3 is 11.9 Å². The molecule has 232 valence electrons. The zero-order chi connectivity index (χ0) is 30.6. The van der Waals surface area contributed by atoms with Crippen LogP contribution in [0.15, 0.2) is 36.4 Å². The predicted octanol–water partition coefficient (Wildman–Crippen LogP) is 2.34. The van der Waals surface area contributed by atoms with Crippen LogP contribution >= 0.6 is 0 Å². The quantitative estimate of drug-likeness (QED) is 0.143. The molecule has 6 N–H and O–H groups in total. The first-order valence-electron chi connectivity index (χ1n) is 14.9. The van der Waals surface area contributed by atoms with Crippen molar-refractivity contribution in [1.29, 1.82) is 0 Å². The monoisotopic (exact) mass is 586 g/mol. The minimum Gasteiger partial charge on any atom is -0.490 e. The van der Waals surface area contributed by atoms with Crippen LogP contribution in [0.25, 0.3) is 10.8 Å². The molecular weight excluding hydrogens is 540 g/mol. The highest BCUT2D eigenvalue weighted by Gasteiger charge is 2.36. The van der Waals surface area contributed by atoms with Gasteiger partial charge in [-0.25, -0.2) is 4.79 Å². The minimum atomic E-state index is -1.03. The summed E-state index contributed by atoms with van der Waals surface area (Å²) in [6.07, 6.45) is 2.18. The lowest BCUT2D eigenvalue weighted by Crippen LogP contribution is -2.53. The Bertz CT molecular complexity index is 1190. The molecule has 11 nitrogen and oxygen atoms in total. The summed E-state index contributed by atoms with van der Waals surface area (Å²) in [6, 6.07) is 9.80. The molecule has 42 heavy (non-hydrogen) atoms. The second kappa shape index (κ2) is 16.4. The number of carbonyl (C=O) groups excluding carboxylic acids is 1. The number of nitrogens with one attached hydrogen (secondary N) is 3. The van der Waals surface area contributed by atoms with Gasteiger partial charge in [0.2, 0.25) is 5.91 Å². The molecule has 0 aliphatic carbocycles. The van der Waals surface area contributed by atoms with Crippen molar-refractivity contribution in [2.75, 3.05) is 26.2 Å². The Labute approximate surface area is 247 Å². The number of likely N-dealkylation sites (tertiary alicyclic amines) is 1. The number of nitrogens with zero attached hydrogens (tertiary/aromatic N) is 1. The molecule has 0 aromatic heterocycles. The Morgan fingerprint density at radius 1 is 1.10 bits per heavy atom. The van der Waals surface area contributed by atoms with Crippen molar-refractivity contribution in [3.05, 3.63) is 42.0 Å². The Balaban J connectivity index is 1.43. The number of unbranched alkanes of at least 4 members (excludes halogenated alkanes) is 1.